The van der Waals surface area contributed by atoms with Gasteiger partial charge in [0, 0.05) is 35.4 Å². The van der Waals surface area contributed by atoms with Gasteiger partial charge in [0.2, 0.25) is 5.88 Å². The molecule has 2 aromatic rings. The van der Waals surface area contributed by atoms with E-state index < -0.39 is 0 Å². The highest BCUT2D eigenvalue weighted by molar-refractivity contribution is 5.96. The van der Waals surface area contributed by atoms with Crippen LogP contribution < -0.4 is 4.74 Å². The summed E-state index contributed by atoms with van der Waals surface area (Å²) in [5, 5.41) is 0. The molecule has 5 nitrogen and oxygen atoms in total. The standard InChI is InChI=1S/C20H21N3O2/c1-12-15-5-4-14-17(20(15,2)9-6-16(12)24)22-18(23-19(14)25-3)13-7-10-21-11-8-13/h7-8,10-11,15H,1,4-6,9H2,2-3H3/t15-,20-/m1/s1. The quantitative estimate of drug-likeness (QED) is 0.788. The number of nitrogens with zero attached hydrogens (tertiary/aromatic N) is 3. The number of methoxy groups -OCH3 is 1. The van der Waals surface area contributed by atoms with Gasteiger partial charge in [-0.15, -0.1) is 0 Å². The van der Waals surface area contributed by atoms with Gasteiger partial charge in [0.05, 0.1) is 12.8 Å². The zero-order valence-electron chi connectivity index (χ0n) is 14.6. The number of allylic oxidation sites excluding steroid dienone is 1. The summed E-state index contributed by atoms with van der Waals surface area (Å²) in [7, 11) is 1.65. The summed E-state index contributed by atoms with van der Waals surface area (Å²) in [6, 6.07) is 3.79. The molecule has 4 rings (SSSR count). The third kappa shape index (κ3) is 2.37. The number of Topliss-reactive ketones (excluding diaryl/α,β-unsaturated/α-hetero) is 1. The highest BCUT2D eigenvalue weighted by atomic mass is 16.5. The van der Waals surface area contributed by atoms with E-state index in [1.165, 1.54) is 0 Å². The van der Waals surface area contributed by atoms with Crippen molar-refractivity contribution in [2.45, 2.75) is 38.0 Å². The average molecular weight is 335 g/mol. The van der Waals surface area contributed by atoms with E-state index >= 15 is 0 Å². The largest absolute Gasteiger partial charge is 0.481 e. The van der Waals surface area contributed by atoms with Crippen molar-refractivity contribution in [3.63, 3.8) is 0 Å². The molecule has 128 valence electrons. The van der Waals surface area contributed by atoms with E-state index in [-0.39, 0.29) is 17.1 Å². The molecule has 1 fully saturated rings. The number of hydrogen-bond acceptors (Lipinski definition) is 5. The molecule has 25 heavy (non-hydrogen) atoms. The second-order valence-corrected chi connectivity index (χ2v) is 7.08. The fourth-order valence-corrected chi connectivity index (χ4v) is 4.31. The Labute approximate surface area is 147 Å². The second kappa shape index (κ2) is 5.76. The molecule has 0 N–H and O–H groups in total. The molecule has 0 aliphatic heterocycles. The molecule has 2 atom stereocenters. The van der Waals surface area contributed by atoms with Crippen molar-refractivity contribution in [2.75, 3.05) is 7.11 Å². The first-order chi connectivity index (χ1) is 12.0. The molecule has 2 aliphatic carbocycles. The number of carbonyl (C=O) groups excluding carboxylic acids is 1. The first-order valence-corrected chi connectivity index (χ1v) is 8.62. The molecule has 0 bridgehead atoms. The summed E-state index contributed by atoms with van der Waals surface area (Å²) >= 11 is 0. The summed E-state index contributed by atoms with van der Waals surface area (Å²) in [6.45, 7) is 6.29. The van der Waals surface area contributed by atoms with Crippen LogP contribution in [0.15, 0.2) is 36.7 Å². The van der Waals surface area contributed by atoms with Crippen LogP contribution in [0.1, 0.15) is 37.4 Å². The van der Waals surface area contributed by atoms with Crippen molar-refractivity contribution in [2.24, 2.45) is 5.92 Å². The van der Waals surface area contributed by atoms with Crippen LogP contribution in [0.4, 0.5) is 0 Å². The predicted molar refractivity (Wildman–Crippen MR) is 94.4 cm³/mol. The lowest BCUT2D eigenvalue weighted by Crippen LogP contribution is -2.44. The Hall–Kier alpha value is -2.56. The lowest BCUT2D eigenvalue weighted by Gasteiger charge is -2.45. The fourth-order valence-electron chi connectivity index (χ4n) is 4.31. The van der Waals surface area contributed by atoms with Gasteiger partial charge >= 0.3 is 0 Å². The highest BCUT2D eigenvalue weighted by Gasteiger charge is 2.48. The van der Waals surface area contributed by atoms with E-state index in [2.05, 4.69) is 23.5 Å². The van der Waals surface area contributed by atoms with Gasteiger partial charge < -0.3 is 4.74 Å². The number of rotatable bonds is 2. The Morgan fingerprint density at radius 1 is 1.24 bits per heavy atom. The number of pyridine rings is 1. The predicted octanol–water partition coefficient (Wildman–Crippen LogP) is 3.29. The van der Waals surface area contributed by atoms with E-state index in [9.17, 15) is 4.79 Å². The summed E-state index contributed by atoms with van der Waals surface area (Å²) in [6.07, 6.45) is 6.48. The van der Waals surface area contributed by atoms with Crippen LogP contribution in [0.2, 0.25) is 0 Å². The molecule has 0 spiro atoms. The Kier molecular flexibility index (Phi) is 3.67. The van der Waals surface area contributed by atoms with Gasteiger partial charge in [-0.05, 0) is 42.9 Å². The Morgan fingerprint density at radius 2 is 2.00 bits per heavy atom. The summed E-state index contributed by atoms with van der Waals surface area (Å²) < 4.78 is 5.59. The van der Waals surface area contributed by atoms with Gasteiger partial charge in [-0.25, -0.2) is 4.98 Å². The average Bonchev–Trinajstić information content (AvgIpc) is 2.65. The second-order valence-electron chi connectivity index (χ2n) is 7.08. The molecular formula is C20H21N3O2. The Morgan fingerprint density at radius 3 is 2.72 bits per heavy atom. The van der Waals surface area contributed by atoms with Crippen LogP contribution in [0, 0.1) is 5.92 Å². The minimum absolute atomic E-state index is 0.145. The summed E-state index contributed by atoms with van der Waals surface area (Å²) in [4.78, 5) is 25.8. The van der Waals surface area contributed by atoms with E-state index in [1.807, 2.05) is 12.1 Å². The lowest BCUT2D eigenvalue weighted by molar-refractivity contribution is -0.118. The molecule has 0 saturated heterocycles. The number of ether oxygens (including phenoxy) is 1. The maximum absolute atomic E-state index is 12.2. The van der Waals surface area contributed by atoms with E-state index in [4.69, 9.17) is 9.72 Å². The van der Waals surface area contributed by atoms with Crippen molar-refractivity contribution >= 4 is 5.78 Å². The fraction of sp³-hybridized carbons (Fsp3) is 0.400. The molecule has 0 aromatic carbocycles. The van der Waals surface area contributed by atoms with Crippen molar-refractivity contribution in [1.29, 1.82) is 0 Å². The number of carbonyl (C=O) groups is 1. The zero-order chi connectivity index (χ0) is 17.6. The van der Waals surface area contributed by atoms with Gasteiger partial charge in [0.1, 0.15) is 0 Å². The SMILES string of the molecule is C=C1C(=O)CC[C@@]2(C)c3nc(-c4ccncc4)nc(OC)c3CC[C@H]12. The first-order valence-electron chi connectivity index (χ1n) is 8.62. The minimum Gasteiger partial charge on any atom is -0.481 e. The van der Waals surface area contributed by atoms with Gasteiger partial charge in [-0.1, -0.05) is 13.5 Å². The van der Waals surface area contributed by atoms with Crippen molar-refractivity contribution in [1.82, 2.24) is 15.0 Å². The van der Waals surface area contributed by atoms with Crippen LogP contribution >= 0.6 is 0 Å². The Bertz CT molecular complexity index is 863. The molecule has 1 saturated carbocycles. The van der Waals surface area contributed by atoms with Crippen molar-refractivity contribution in [3.8, 4) is 17.3 Å². The molecule has 2 aromatic heterocycles. The monoisotopic (exact) mass is 335 g/mol. The third-order valence-corrected chi connectivity index (χ3v) is 5.74. The van der Waals surface area contributed by atoms with E-state index in [0.717, 1.165) is 41.7 Å². The van der Waals surface area contributed by atoms with Gasteiger partial charge in [-0.3, -0.25) is 9.78 Å². The number of aromatic nitrogens is 3. The van der Waals surface area contributed by atoms with Crippen molar-refractivity contribution in [3.05, 3.63) is 47.9 Å². The molecule has 5 heteroatoms. The van der Waals surface area contributed by atoms with Gasteiger partial charge in [0.15, 0.2) is 11.6 Å². The zero-order valence-corrected chi connectivity index (χ0v) is 14.6. The molecule has 0 amide bonds. The van der Waals surface area contributed by atoms with Crippen LogP contribution in [-0.2, 0) is 16.6 Å². The Balaban J connectivity index is 1.90. The normalized spacial score (nSPS) is 25.3. The summed E-state index contributed by atoms with van der Waals surface area (Å²) in [5.74, 6) is 1.62. The maximum Gasteiger partial charge on any atom is 0.220 e. The van der Waals surface area contributed by atoms with Gasteiger partial charge in [-0.2, -0.15) is 4.98 Å². The van der Waals surface area contributed by atoms with Crippen LogP contribution in [0.5, 0.6) is 5.88 Å². The topological polar surface area (TPSA) is 65.0 Å². The van der Waals surface area contributed by atoms with E-state index in [1.54, 1.807) is 19.5 Å². The molecule has 0 unspecified atom stereocenters. The van der Waals surface area contributed by atoms with Crippen molar-refractivity contribution < 1.29 is 9.53 Å². The highest BCUT2D eigenvalue weighted by Crippen LogP contribution is 2.51. The molecule has 2 aliphatic rings. The maximum atomic E-state index is 12.2. The number of hydrogen-bond donors (Lipinski definition) is 0. The third-order valence-electron chi connectivity index (χ3n) is 5.74. The number of ketones is 1. The number of fused-ring (bicyclic) bond motifs is 3. The van der Waals surface area contributed by atoms with Gasteiger partial charge in [0.25, 0.3) is 0 Å². The molecular weight excluding hydrogens is 314 g/mol. The minimum atomic E-state index is -0.198. The van der Waals surface area contributed by atoms with E-state index in [0.29, 0.717) is 18.1 Å². The molecule has 0 radical (unpaired) electrons. The first kappa shape index (κ1) is 15.9. The van der Waals surface area contributed by atoms with Crippen LogP contribution in [-0.4, -0.2) is 27.8 Å². The molecule has 2 heterocycles. The van der Waals surface area contributed by atoms with Crippen LogP contribution in [0.3, 0.4) is 0 Å². The smallest absolute Gasteiger partial charge is 0.220 e. The summed E-state index contributed by atoms with van der Waals surface area (Å²) in [5.41, 5.74) is 3.54. The lowest BCUT2D eigenvalue weighted by atomic mass is 9.58. The van der Waals surface area contributed by atoms with Crippen LogP contribution in [0.25, 0.3) is 11.4 Å².